The summed E-state index contributed by atoms with van der Waals surface area (Å²) >= 11 is 0. The number of benzene rings is 1. The van der Waals surface area contributed by atoms with Crippen molar-refractivity contribution in [3.63, 3.8) is 0 Å². The van der Waals surface area contributed by atoms with E-state index < -0.39 is 7.29 Å². The first-order valence-corrected chi connectivity index (χ1v) is 8.26. The summed E-state index contributed by atoms with van der Waals surface area (Å²) in [6, 6.07) is 8.54. The van der Waals surface area contributed by atoms with Crippen LogP contribution in [0.15, 0.2) is 35.9 Å². The average Bonchev–Trinajstić information content (AvgIpc) is 2.70. The third-order valence-corrected chi connectivity index (χ3v) is 6.97. The van der Waals surface area contributed by atoms with E-state index in [-0.39, 0.29) is 0 Å². The van der Waals surface area contributed by atoms with E-state index in [0.717, 1.165) is 31.8 Å². The minimum absolute atomic E-state index is 0.779. The van der Waals surface area contributed by atoms with Gasteiger partial charge in [-0.1, -0.05) is 35.9 Å². The van der Waals surface area contributed by atoms with Gasteiger partial charge in [0.2, 0.25) is 0 Å². The smallest absolute Gasteiger partial charge is 0.158 e. The number of nitrogens with zero attached hydrogens (tertiary/aromatic N) is 1. The van der Waals surface area contributed by atoms with Crippen LogP contribution in [-0.2, 0) is 17.5 Å². The van der Waals surface area contributed by atoms with Gasteiger partial charge in [-0.05, 0) is 24.5 Å². The van der Waals surface area contributed by atoms with Gasteiger partial charge < -0.3 is 4.57 Å². The summed E-state index contributed by atoms with van der Waals surface area (Å²) in [6.45, 7) is 3.92. The van der Waals surface area contributed by atoms with Crippen molar-refractivity contribution in [2.45, 2.75) is 19.9 Å². The molecule has 0 aliphatic carbocycles. The number of hydrogen-bond donors (Lipinski definition) is 0. The van der Waals surface area contributed by atoms with Crippen LogP contribution in [0.3, 0.4) is 0 Å². The lowest BCUT2D eigenvalue weighted by Gasteiger charge is -2.33. The summed E-state index contributed by atoms with van der Waals surface area (Å²) in [5.41, 5.74) is 4.09. The second-order valence-electron chi connectivity index (χ2n) is 5.14. The van der Waals surface area contributed by atoms with Gasteiger partial charge in [0.1, 0.15) is 0 Å². The number of hydrogen-bond acceptors (Lipinski definition) is 1. The molecule has 3 rings (SSSR count). The quantitative estimate of drug-likeness (QED) is 0.560. The Kier molecular flexibility index (Phi) is 2.72. The summed E-state index contributed by atoms with van der Waals surface area (Å²) < 4.78 is 15.1. The molecule has 0 saturated heterocycles. The zero-order valence-electron chi connectivity index (χ0n) is 10.2. The fourth-order valence-corrected chi connectivity index (χ4v) is 5.76. The molecule has 0 radical (unpaired) electrons. The molecule has 0 amide bonds. The Hall–Kier alpha value is -0.850. The highest BCUT2D eigenvalue weighted by Crippen LogP contribution is 2.56. The third-order valence-electron chi connectivity index (χ3n) is 3.85. The Morgan fingerprint density at radius 1 is 1.24 bits per heavy atom. The van der Waals surface area contributed by atoms with Gasteiger partial charge in [0.05, 0.1) is 0 Å². The molecule has 3 heteroatoms. The third kappa shape index (κ3) is 2.00. The molecule has 0 bridgehead atoms. The van der Waals surface area contributed by atoms with Crippen molar-refractivity contribution in [3.8, 4) is 0 Å². The Bertz CT molecular complexity index is 521. The SMILES string of the molecule is CC1=CC[P@](=O)(N2CCc3ccccc3C2)C1. The summed E-state index contributed by atoms with van der Waals surface area (Å²) in [5, 5.41) is 0. The van der Waals surface area contributed by atoms with E-state index >= 15 is 0 Å². The van der Waals surface area contributed by atoms with Crippen LogP contribution in [-0.4, -0.2) is 23.5 Å². The average molecular weight is 247 g/mol. The summed E-state index contributed by atoms with van der Waals surface area (Å²) in [4.78, 5) is 0. The van der Waals surface area contributed by atoms with Crippen molar-refractivity contribution in [1.29, 1.82) is 0 Å². The van der Waals surface area contributed by atoms with Crippen LogP contribution in [0.2, 0.25) is 0 Å². The number of allylic oxidation sites excluding steroid dienone is 2. The van der Waals surface area contributed by atoms with Crippen LogP contribution in [0, 0.1) is 0 Å². The molecule has 1 atom stereocenters. The maximum absolute atomic E-state index is 12.9. The molecule has 0 spiro atoms. The molecule has 1 aromatic carbocycles. The highest BCUT2D eigenvalue weighted by molar-refractivity contribution is 7.62. The monoisotopic (exact) mass is 247 g/mol. The predicted molar refractivity (Wildman–Crippen MR) is 71.7 cm³/mol. The molecule has 0 saturated carbocycles. The minimum Gasteiger partial charge on any atom is -0.306 e. The molecule has 17 heavy (non-hydrogen) atoms. The molecule has 0 unspecified atom stereocenters. The van der Waals surface area contributed by atoms with Crippen molar-refractivity contribution in [1.82, 2.24) is 4.67 Å². The van der Waals surface area contributed by atoms with Gasteiger partial charge in [0.15, 0.2) is 7.29 Å². The zero-order valence-corrected chi connectivity index (χ0v) is 11.1. The van der Waals surface area contributed by atoms with Crippen LogP contribution >= 0.6 is 7.29 Å². The van der Waals surface area contributed by atoms with Crippen LogP contribution in [0.4, 0.5) is 0 Å². The Morgan fingerprint density at radius 3 is 2.71 bits per heavy atom. The maximum atomic E-state index is 12.9. The highest BCUT2D eigenvalue weighted by Gasteiger charge is 2.34. The fraction of sp³-hybridized carbons (Fsp3) is 0.429. The van der Waals surface area contributed by atoms with Crippen LogP contribution < -0.4 is 0 Å². The van der Waals surface area contributed by atoms with Crippen LogP contribution in [0.25, 0.3) is 0 Å². The van der Waals surface area contributed by atoms with Crippen molar-refractivity contribution in [2.75, 3.05) is 18.9 Å². The number of rotatable bonds is 1. The topological polar surface area (TPSA) is 20.3 Å². The van der Waals surface area contributed by atoms with Gasteiger partial charge in [0.25, 0.3) is 0 Å². The Labute approximate surface area is 103 Å². The molecule has 2 heterocycles. The molecule has 0 aromatic heterocycles. The van der Waals surface area contributed by atoms with Crippen molar-refractivity contribution >= 4 is 7.29 Å². The van der Waals surface area contributed by atoms with E-state index in [0.29, 0.717) is 0 Å². The molecule has 1 aromatic rings. The normalized spacial score (nSPS) is 28.9. The van der Waals surface area contributed by atoms with Gasteiger partial charge in [-0.25, -0.2) is 4.67 Å². The Morgan fingerprint density at radius 2 is 2.00 bits per heavy atom. The van der Waals surface area contributed by atoms with E-state index in [1.807, 2.05) is 0 Å². The predicted octanol–water partition coefficient (Wildman–Crippen LogP) is 3.28. The van der Waals surface area contributed by atoms with Crippen molar-refractivity contribution < 1.29 is 4.57 Å². The van der Waals surface area contributed by atoms with Gasteiger partial charge in [-0.2, -0.15) is 0 Å². The zero-order chi connectivity index (χ0) is 11.9. The number of fused-ring (bicyclic) bond motifs is 1. The van der Waals surface area contributed by atoms with Gasteiger partial charge >= 0.3 is 0 Å². The standard InChI is InChI=1S/C14H18NOP/c1-12-7-9-17(16,11-12)15-8-6-13-4-2-3-5-14(13)10-15/h2-5,7H,6,8-11H2,1H3/t17-/m1/s1. The van der Waals surface area contributed by atoms with Crippen molar-refractivity contribution in [3.05, 3.63) is 47.0 Å². The molecular weight excluding hydrogens is 229 g/mol. The molecule has 2 nitrogen and oxygen atoms in total. The largest absolute Gasteiger partial charge is 0.306 e. The first kappa shape index (κ1) is 11.3. The summed E-state index contributed by atoms with van der Waals surface area (Å²) in [6.07, 6.45) is 4.77. The van der Waals surface area contributed by atoms with Gasteiger partial charge in [-0.15, -0.1) is 0 Å². The molecule has 2 aliphatic heterocycles. The first-order valence-electron chi connectivity index (χ1n) is 6.23. The van der Waals surface area contributed by atoms with Gasteiger partial charge in [0, 0.05) is 25.4 Å². The second kappa shape index (κ2) is 4.12. The maximum Gasteiger partial charge on any atom is 0.158 e. The molecule has 90 valence electrons. The second-order valence-corrected chi connectivity index (χ2v) is 8.08. The lowest BCUT2D eigenvalue weighted by atomic mass is 10.0. The van der Waals surface area contributed by atoms with E-state index in [4.69, 9.17) is 0 Å². The molecule has 0 N–H and O–H groups in total. The molecule has 2 aliphatic rings. The van der Waals surface area contributed by atoms with Gasteiger partial charge in [-0.3, -0.25) is 0 Å². The summed E-state index contributed by atoms with van der Waals surface area (Å²) in [7, 11) is -2.12. The molecule has 0 fully saturated rings. The lowest BCUT2D eigenvalue weighted by Crippen LogP contribution is -2.28. The van der Waals surface area contributed by atoms with E-state index in [1.165, 1.54) is 16.7 Å². The summed E-state index contributed by atoms with van der Waals surface area (Å²) in [5.74, 6) is 0. The first-order chi connectivity index (χ1) is 8.17. The fourth-order valence-electron chi connectivity index (χ4n) is 2.82. The minimum atomic E-state index is -2.12. The molecular formula is C14H18NOP. The van der Waals surface area contributed by atoms with E-state index in [9.17, 15) is 4.57 Å². The van der Waals surface area contributed by atoms with Crippen LogP contribution in [0.5, 0.6) is 0 Å². The van der Waals surface area contributed by atoms with E-state index in [2.05, 4.69) is 41.9 Å². The highest BCUT2D eigenvalue weighted by atomic mass is 31.2. The van der Waals surface area contributed by atoms with Crippen LogP contribution in [0.1, 0.15) is 18.1 Å². The lowest BCUT2D eigenvalue weighted by molar-refractivity contribution is 0.392. The van der Waals surface area contributed by atoms with Crippen molar-refractivity contribution in [2.24, 2.45) is 0 Å². The Balaban J connectivity index is 1.83. The van der Waals surface area contributed by atoms with E-state index in [1.54, 1.807) is 0 Å².